The maximum absolute atomic E-state index is 5.67. The fourth-order valence-electron chi connectivity index (χ4n) is 5.70. The van der Waals surface area contributed by atoms with Crippen molar-refractivity contribution in [1.82, 2.24) is 9.80 Å². The highest BCUT2D eigenvalue weighted by molar-refractivity contribution is 5.65. The molecule has 0 spiro atoms. The van der Waals surface area contributed by atoms with Crippen LogP contribution in [0.25, 0.3) is 11.1 Å². The zero-order valence-corrected chi connectivity index (χ0v) is 19.0. The predicted octanol–water partition coefficient (Wildman–Crippen LogP) is 4.65. The van der Waals surface area contributed by atoms with Crippen LogP contribution >= 0.6 is 0 Å². The second-order valence-corrected chi connectivity index (χ2v) is 9.62. The van der Waals surface area contributed by atoms with E-state index in [0.29, 0.717) is 18.0 Å². The van der Waals surface area contributed by atoms with Crippen LogP contribution in [-0.2, 0) is 4.74 Å². The quantitative estimate of drug-likeness (QED) is 0.651. The minimum Gasteiger partial charge on any atom is -0.497 e. The molecule has 31 heavy (non-hydrogen) atoms. The normalized spacial score (nSPS) is 27.1. The highest BCUT2D eigenvalue weighted by Crippen LogP contribution is 2.43. The van der Waals surface area contributed by atoms with Crippen LogP contribution in [0.1, 0.15) is 37.2 Å². The molecule has 3 aliphatic rings. The summed E-state index contributed by atoms with van der Waals surface area (Å²) >= 11 is 0. The molecule has 0 N–H and O–H groups in total. The molecule has 2 aromatic carbocycles. The summed E-state index contributed by atoms with van der Waals surface area (Å²) < 4.78 is 11.1. The summed E-state index contributed by atoms with van der Waals surface area (Å²) in [5, 5.41) is 0. The van der Waals surface area contributed by atoms with E-state index >= 15 is 0 Å². The van der Waals surface area contributed by atoms with Gasteiger partial charge < -0.3 is 14.4 Å². The van der Waals surface area contributed by atoms with Crippen molar-refractivity contribution >= 4 is 0 Å². The van der Waals surface area contributed by atoms with Crippen LogP contribution in [0.15, 0.2) is 48.5 Å². The predicted molar refractivity (Wildman–Crippen MR) is 126 cm³/mol. The number of fused-ring (bicyclic) bond motifs is 1. The Bertz CT molecular complexity index is 864. The lowest BCUT2D eigenvalue weighted by Gasteiger charge is -2.57. The molecule has 0 radical (unpaired) electrons. The number of methoxy groups -OCH3 is 2. The lowest BCUT2D eigenvalue weighted by Crippen LogP contribution is -2.67. The van der Waals surface area contributed by atoms with E-state index in [2.05, 4.69) is 52.3 Å². The first-order valence-electron chi connectivity index (χ1n) is 12.0. The van der Waals surface area contributed by atoms with Crippen LogP contribution in [0.3, 0.4) is 0 Å². The van der Waals surface area contributed by atoms with Gasteiger partial charge in [-0.2, -0.15) is 0 Å². The van der Waals surface area contributed by atoms with Gasteiger partial charge in [0.15, 0.2) is 0 Å². The van der Waals surface area contributed by atoms with Crippen LogP contribution in [0.5, 0.6) is 5.75 Å². The molecule has 4 nitrogen and oxygen atoms in total. The number of rotatable bonds is 7. The molecule has 0 aromatic heterocycles. The van der Waals surface area contributed by atoms with Crippen molar-refractivity contribution in [1.29, 1.82) is 0 Å². The van der Waals surface area contributed by atoms with E-state index in [-0.39, 0.29) is 0 Å². The zero-order chi connectivity index (χ0) is 21.2. The van der Waals surface area contributed by atoms with E-state index in [0.717, 1.165) is 18.3 Å². The van der Waals surface area contributed by atoms with Gasteiger partial charge in [-0.25, -0.2) is 0 Å². The topological polar surface area (TPSA) is 24.9 Å². The van der Waals surface area contributed by atoms with Crippen LogP contribution in [0.4, 0.5) is 0 Å². The molecule has 3 atom stereocenters. The first-order chi connectivity index (χ1) is 15.3. The molecular formula is C27H36N2O2. The van der Waals surface area contributed by atoms with E-state index in [1.165, 1.54) is 68.6 Å². The smallest absolute Gasteiger partial charge is 0.119 e. The number of hydrogen-bond donors (Lipinski definition) is 0. The molecule has 166 valence electrons. The summed E-state index contributed by atoms with van der Waals surface area (Å²) in [6.45, 7) is 5.83. The molecule has 0 bridgehead atoms. The molecule has 1 aliphatic carbocycles. The summed E-state index contributed by atoms with van der Waals surface area (Å²) in [6, 6.07) is 18.7. The Morgan fingerprint density at radius 2 is 1.74 bits per heavy atom. The Kier molecular flexibility index (Phi) is 6.31. The Morgan fingerprint density at radius 1 is 0.935 bits per heavy atom. The molecule has 5 rings (SSSR count). The van der Waals surface area contributed by atoms with Crippen LogP contribution in [-0.4, -0.2) is 68.9 Å². The summed E-state index contributed by atoms with van der Waals surface area (Å²) in [7, 11) is 3.57. The highest BCUT2D eigenvalue weighted by atomic mass is 16.5. The Labute approximate surface area is 187 Å². The highest BCUT2D eigenvalue weighted by Gasteiger charge is 2.49. The average Bonchev–Trinajstić information content (AvgIpc) is 3.61. The number of hydrogen-bond acceptors (Lipinski definition) is 4. The minimum atomic E-state index is 0.499. The summed E-state index contributed by atoms with van der Waals surface area (Å²) in [4.78, 5) is 5.50. The first kappa shape index (κ1) is 21.0. The third kappa shape index (κ3) is 4.52. The summed E-state index contributed by atoms with van der Waals surface area (Å²) in [5.74, 6) is 2.42. The van der Waals surface area contributed by atoms with Crippen molar-refractivity contribution in [2.45, 2.75) is 43.7 Å². The molecule has 2 saturated heterocycles. The first-order valence-corrected chi connectivity index (χ1v) is 12.0. The molecular weight excluding hydrogens is 384 g/mol. The van der Waals surface area contributed by atoms with Gasteiger partial charge >= 0.3 is 0 Å². The van der Waals surface area contributed by atoms with Crippen molar-refractivity contribution in [2.75, 3.05) is 47.0 Å². The van der Waals surface area contributed by atoms with Gasteiger partial charge in [-0.3, -0.25) is 4.90 Å². The van der Waals surface area contributed by atoms with Gasteiger partial charge in [-0.15, -0.1) is 0 Å². The van der Waals surface area contributed by atoms with E-state index in [1.54, 1.807) is 7.11 Å². The minimum absolute atomic E-state index is 0.499. The van der Waals surface area contributed by atoms with Gasteiger partial charge in [-0.05, 0) is 73.5 Å². The molecule has 0 amide bonds. The molecule has 2 heterocycles. The lowest BCUT2D eigenvalue weighted by molar-refractivity contribution is -0.0720. The van der Waals surface area contributed by atoms with Gasteiger partial charge in [0, 0.05) is 38.2 Å². The molecule has 0 unspecified atom stereocenters. The van der Waals surface area contributed by atoms with Gasteiger partial charge in [0.2, 0.25) is 0 Å². The van der Waals surface area contributed by atoms with Crippen LogP contribution in [0.2, 0.25) is 0 Å². The van der Waals surface area contributed by atoms with Crippen molar-refractivity contribution in [3.05, 3.63) is 54.1 Å². The van der Waals surface area contributed by atoms with Gasteiger partial charge in [0.05, 0.1) is 13.7 Å². The molecule has 3 fully saturated rings. The van der Waals surface area contributed by atoms with Crippen molar-refractivity contribution in [3.63, 3.8) is 0 Å². The second-order valence-electron chi connectivity index (χ2n) is 9.62. The fraction of sp³-hybridized carbons (Fsp3) is 0.556. The van der Waals surface area contributed by atoms with Crippen molar-refractivity contribution in [2.24, 2.45) is 5.92 Å². The van der Waals surface area contributed by atoms with Crippen molar-refractivity contribution in [3.8, 4) is 16.9 Å². The fourth-order valence-corrected chi connectivity index (χ4v) is 5.70. The third-order valence-corrected chi connectivity index (χ3v) is 7.52. The van der Waals surface area contributed by atoms with Crippen LogP contribution < -0.4 is 4.74 Å². The molecule has 2 aliphatic heterocycles. The molecule has 4 heteroatoms. The number of benzene rings is 2. The molecule has 1 saturated carbocycles. The third-order valence-electron chi connectivity index (χ3n) is 7.52. The largest absolute Gasteiger partial charge is 0.497 e. The molecule has 2 aromatic rings. The van der Waals surface area contributed by atoms with E-state index in [4.69, 9.17) is 9.47 Å². The standard InChI is InChI=1S/C27H36N2O2/c1-30-19-26-27(25-18-28(17-20-8-9-20)14-3-4-15-29(25)26)22-12-10-21(11-13-22)23-6-5-7-24(16-23)31-2/h5-7,10-13,16,20,25-27H,3-4,8-9,14-15,17-19H2,1-2H3/t25-,26+,27-/m0/s1. The van der Waals surface area contributed by atoms with E-state index in [1.807, 2.05) is 13.2 Å². The summed E-state index contributed by atoms with van der Waals surface area (Å²) in [5.41, 5.74) is 3.91. The van der Waals surface area contributed by atoms with Gasteiger partial charge in [0.25, 0.3) is 0 Å². The lowest BCUT2D eigenvalue weighted by atomic mass is 9.74. The SMILES string of the molecule is COC[C@@H]1[C@@H](c2ccc(-c3cccc(OC)c3)cc2)[C@@H]2CN(CC3CC3)CCCCN12. The van der Waals surface area contributed by atoms with Crippen molar-refractivity contribution < 1.29 is 9.47 Å². The Morgan fingerprint density at radius 3 is 2.48 bits per heavy atom. The number of nitrogens with zero attached hydrogens (tertiary/aromatic N) is 2. The monoisotopic (exact) mass is 420 g/mol. The van der Waals surface area contributed by atoms with Gasteiger partial charge in [-0.1, -0.05) is 36.4 Å². The number of ether oxygens (including phenoxy) is 2. The second kappa shape index (κ2) is 9.32. The average molecular weight is 421 g/mol. The Hall–Kier alpha value is -1.88. The zero-order valence-electron chi connectivity index (χ0n) is 19.0. The summed E-state index contributed by atoms with van der Waals surface area (Å²) in [6.07, 6.45) is 5.51. The van der Waals surface area contributed by atoms with E-state index in [9.17, 15) is 0 Å². The van der Waals surface area contributed by atoms with Crippen LogP contribution in [0, 0.1) is 5.92 Å². The van der Waals surface area contributed by atoms with Gasteiger partial charge in [0.1, 0.15) is 5.75 Å². The van der Waals surface area contributed by atoms with E-state index < -0.39 is 0 Å². The Balaban J connectivity index is 1.36. The maximum Gasteiger partial charge on any atom is 0.119 e. The maximum atomic E-state index is 5.67.